The summed E-state index contributed by atoms with van der Waals surface area (Å²) >= 11 is 0. The van der Waals surface area contributed by atoms with E-state index >= 15 is 0 Å². The van der Waals surface area contributed by atoms with E-state index in [1.54, 1.807) is 0 Å². The van der Waals surface area contributed by atoms with Crippen LogP contribution in [0.1, 0.15) is 36.3 Å². The number of hydrogen-bond acceptors (Lipinski definition) is 4. The number of aryl methyl sites for hydroxylation is 1. The third-order valence-corrected chi connectivity index (χ3v) is 5.42. The summed E-state index contributed by atoms with van der Waals surface area (Å²) in [6.45, 7) is 4.32. The van der Waals surface area contributed by atoms with Crippen LogP contribution in [0.3, 0.4) is 0 Å². The van der Waals surface area contributed by atoms with Gasteiger partial charge >= 0.3 is 0 Å². The van der Waals surface area contributed by atoms with E-state index in [1.165, 1.54) is 0 Å². The van der Waals surface area contributed by atoms with E-state index in [9.17, 15) is 4.79 Å². The van der Waals surface area contributed by atoms with Gasteiger partial charge in [0.2, 0.25) is 5.91 Å². The Kier molecular flexibility index (Phi) is 4.55. The summed E-state index contributed by atoms with van der Waals surface area (Å²) in [6, 6.07) is 10.6. The smallest absolute Gasteiger partial charge is 0.229 e. The molecule has 2 aromatic rings. The minimum Gasteiger partial charge on any atom is -0.340 e. The van der Waals surface area contributed by atoms with Gasteiger partial charge in [-0.3, -0.25) is 10.2 Å². The highest BCUT2D eigenvalue weighted by atomic mass is 16.2. The molecule has 0 saturated carbocycles. The minimum absolute atomic E-state index is 0.0315. The molecule has 3 unspecified atom stereocenters. The van der Waals surface area contributed by atoms with Crippen LogP contribution in [0, 0.1) is 12.8 Å². The molecule has 25 heavy (non-hydrogen) atoms. The predicted molar refractivity (Wildman–Crippen MR) is 95.6 cm³/mol. The van der Waals surface area contributed by atoms with Crippen molar-refractivity contribution in [3.8, 4) is 0 Å². The maximum atomic E-state index is 13.2. The van der Waals surface area contributed by atoms with Crippen molar-refractivity contribution in [2.75, 3.05) is 19.6 Å². The van der Waals surface area contributed by atoms with Crippen molar-refractivity contribution in [3.63, 3.8) is 0 Å². The second kappa shape index (κ2) is 6.98. The van der Waals surface area contributed by atoms with Crippen LogP contribution in [0.15, 0.2) is 42.7 Å². The van der Waals surface area contributed by atoms with Gasteiger partial charge in [0.05, 0.1) is 18.0 Å². The number of hydrogen-bond donors (Lipinski definition) is 2. The van der Waals surface area contributed by atoms with E-state index in [-0.39, 0.29) is 17.9 Å². The number of piperidine rings is 1. The number of rotatable bonds is 3. The van der Waals surface area contributed by atoms with Gasteiger partial charge in [-0.1, -0.05) is 30.3 Å². The summed E-state index contributed by atoms with van der Waals surface area (Å²) in [4.78, 5) is 19.6. The van der Waals surface area contributed by atoms with Gasteiger partial charge in [-0.2, -0.15) is 0 Å². The van der Waals surface area contributed by atoms with Gasteiger partial charge in [0.15, 0.2) is 0 Å². The second-order valence-electron chi connectivity index (χ2n) is 6.98. The van der Waals surface area contributed by atoms with E-state index in [0.717, 1.165) is 37.3 Å². The van der Waals surface area contributed by atoms with E-state index in [0.29, 0.717) is 12.6 Å². The molecule has 6 heteroatoms. The molecule has 0 radical (unpaired) electrons. The lowest BCUT2D eigenvalue weighted by molar-refractivity contribution is -0.137. The van der Waals surface area contributed by atoms with Crippen molar-refractivity contribution in [1.82, 2.24) is 25.3 Å². The third kappa shape index (κ3) is 3.19. The first-order chi connectivity index (χ1) is 12.2. The van der Waals surface area contributed by atoms with E-state index in [1.807, 2.05) is 42.4 Å². The van der Waals surface area contributed by atoms with Gasteiger partial charge in [0.1, 0.15) is 5.82 Å². The molecule has 3 heterocycles. The van der Waals surface area contributed by atoms with Gasteiger partial charge in [-0.05, 0) is 25.3 Å². The van der Waals surface area contributed by atoms with Crippen LogP contribution in [0.5, 0.6) is 0 Å². The molecule has 1 aromatic heterocycles. The fraction of sp³-hybridized carbons (Fsp3) is 0.474. The van der Waals surface area contributed by atoms with Crippen molar-refractivity contribution >= 4 is 5.91 Å². The Bertz CT molecular complexity index is 728. The highest BCUT2D eigenvalue weighted by molar-refractivity contribution is 5.80. The first kappa shape index (κ1) is 16.3. The highest BCUT2D eigenvalue weighted by Gasteiger charge is 2.38. The molecule has 6 nitrogen and oxygen atoms in total. The van der Waals surface area contributed by atoms with Crippen LogP contribution < -0.4 is 10.9 Å². The predicted octanol–water partition coefficient (Wildman–Crippen LogP) is 1.82. The molecule has 2 N–H and O–H groups in total. The highest BCUT2D eigenvalue weighted by Crippen LogP contribution is 2.29. The molecule has 2 aliphatic heterocycles. The van der Waals surface area contributed by atoms with Gasteiger partial charge in [0, 0.05) is 32.0 Å². The van der Waals surface area contributed by atoms with Crippen molar-refractivity contribution in [1.29, 1.82) is 0 Å². The second-order valence-corrected chi connectivity index (χ2v) is 6.98. The molecular formula is C19H25N5O. The summed E-state index contributed by atoms with van der Waals surface area (Å²) in [5.74, 6) is 1.20. The zero-order valence-electron chi connectivity index (χ0n) is 14.6. The standard InChI is InChI=1S/C19H25N5O/c1-14-20-9-11-24(14)16-8-5-10-23(13-16)19(25)17-12-21-22-18(17)15-6-3-2-4-7-15/h2-4,6-7,9,11,16-18,21-22H,5,8,10,12-13H2,1H3. The lowest BCUT2D eigenvalue weighted by Gasteiger charge is -2.36. The Hall–Kier alpha value is -2.18. The summed E-state index contributed by atoms with van der Waals surface area (Å²) in [6.07, 6.45) is 6.01. The first-order valence-corrected chi connectivity index (χ1v) is 9.05. The van der Waals surface area contributed by atoms with Crippen molar-refractivity contribution in [3.05, 3.63) is 54.1 Å². The number of amides is 1. The molecule has 1 aromatic carbocycles. The van der Waals surface area contributed by atoms with Gasteiger partial charge < -0.3 is 9.47 Å². The zero-order chi connectivity index (χ0) is 17.2. The maximum absolute atomic E-state index is 13.2. The molecule has 1 amide bonds. The Labute approximate surface area is 148 Å². The molecule has 2 fully saturated rings. The average Bonchev–Trinajstić information content (AvgIpc) is 3.31. The topological polar surface area (TPSA) is 62.2 Å². The normalized spacial score (nSPS) is 26.8. The third-order valence-electron chi connectivity index (χ3n) is 5.42. The van der Waals surface area contributed by atoms with Gasteiger partial charge in [-0.25, -0.2) is 10.4 Å². The van der Waals surface area contributed by atoms with Crippen LogP contribution in [0.4, 0.5) is 0 Å². The summed E-state index contributed by atoms with van der Waals surface area (Å²) in [7, 11) is 0. The number of imidazole rings is 1. The zero-order valence-corrected chi connectivity index (χ0v) is 14.6. The number of carbonyl (C=O) groups excluding carboxylic acids is 1. The fourth-order valence-electron chi connectivity index (χ4n) is 4.09. The largest absolute Gasteiger partial charge is 0.340 e. The monoisotopic (exact) mass is 339 g/mol. The number of carbonyl (C=O) groups is 1. The van der Waals surface area contributed by atoms with Crippen LogP contribution in [0.2, 0.25) is 0 Å². The van der Waals surface area contributed by atoms with E-state index < -0.39 is 0 Å². The van der Waals surface area contributed by atoms with E-state index in [4.69, 9.17) is 0 Å². The SMILES string of the molecule is Cc1nccn1C1CCCN(C(=O)C2CNNC2c2ccccc2)C1. The molecule has 132 valence electrons. The number of nitrogens with zero attached hydrogens (tertiary/aromatic N) is 3. The van der Waals surface area contributed by atoms with Crippen LogP contribution in [0.25, 0.3) is 0 Å². The molecular weight excluding hydrogens is 314 g/mol. The molecule has 4 rings (SSSR count). The molecule has 2 saturated heterocycles. The average molecular weight is 339 g/mol. The minimum atomic E-state index is -0.0648. The number of aromatic nitrogens is 2. The Morgan fingerprint density at radius 2 is 2.12 bits per heavy atom. The molecule has 3 atom stereocenters. The molecule has 2 aliphatic rings. The lowest BCUT2D eigenvalue weighted by atomic mass is 9.92. The van der Waals surface area contributed by atoms with E-state index in [2.05, 4.69) is 32.5 Å². The van der Waals surface area contributed by atoms with Gasteiger partial charge in [-0.15, -0.1) is 0 Å². The number of hydrazine groups is 1. The van der Waals surface area contributed by atoms with Crippen LogP contribution in [-0.2, 0) is 4.79 Å². The van der Waals surface area contributed by atoms with Crippen molar-refractivity contribution < 1.29 is 4.79 Å². The lowest BCUT2D eigenvalue weighted by Crippen LogP contribution is -2.45. The van der Waals surface area contributed by atoms with Crippen LogP contribution >= 0.6 is 0 Å². The van der Waals surface area contributed by atoms with Gasteiger partial charge in [0.25, 0.3) is 0 Å². The quantitative estimate of drug-likeness (QED) is 0.895. The van der Waals surface area contributed by atoms with Crippen LogP contribution in [-0.4, -0.2) is 40.0 Å². The Morgan fingerprint density at radius 1 is 1.28 bits per heavy atom. The molecule has 0 aliphatic carbocycles. The number of likely N-dealkylation sites (tertiary alicyclic amines) is 1. The molecule has 0 bridgehead atoms. The molecule has 0 spiro atoms. The fourth-order valence-corrected chi connectivity index (χ4v) is 4.09. The Balaban J connectivity index is 1.49. The van der Waals surface area contributed by atoms with Crippen molar-refractivity contribution in [2.24, 2.45) is 5.92 Å². The summed E-state index contributed by atoms with van der Waals surface area (Å²) in [5.41, 5.74) is 7.61. The maximum Gasteiger partial charge on any atom is 0.229 e. The number of benzene rings is 1. The summed E-state index contributed by atoms with van der Waals surface area (Å²) < 4.78 is 2.21. The Morgan fingerprint density at radius 3 is 2.88 bits per heavy atom. The number of nitrogens with one attached hydrogen (secondary N) is 2. The van der Waals surface area contributed by atoms with Crippen molar-refractivity contribution in [2.45, 2.75) is 31.8 Å². The summed E-state index contributed by atoms with van der Waals surface area (Å²) in [5, 5.41) is 0. The first-order valence-electron chi connectivity index (χ1n) is 9.05.